The van der Waals surface area contributed by atoms with Gasteiger partial charge in [-0.1, -0.05) is 27.7 Å². The number of hydrogen-bond acceptors (Lipinski definition) is 3. The highest BCUT2D eigenvalue weighted by Gasteiger charge is 2.52. The molecule has 1 fully saturated rings. The van der Waals surface area contributed by atoms with Gasteiger partial charge in [0, 0.05) is 14.1 Å². The summed E-state index contributed by atoms with van der Waals surface area (Å²) >= 11 is 0. The first-order chi connectivity index (χ1) is 7.92. The van der Waals surface area contributed by atoms with Gasteiger partial charge in [-0.2, -0.15) is 0 Å². The summed E-state index contributed by atoms with van der Waals surface area (Å²) in [4.78, 5) is 37.4. The lowest BCUT2D eigenvalue weighted by Gasteiger charge is -2.40. The zero-order chi connectivity index (χ0) is 13.8. The Morgan fingerprint density at radius 1 is 0.882 bits per heavy atom. The molecule has 1 aliphatic heterocycles. The van der Waals surface area contributed by atoms with Crippen LogP contribution in [-0.2, 0) is 9.59 Å². The molecule has 0 unspecified atom stereocenters. The molecule has 1 aliphatic rings. The van der Waals surface area contributed by atoms with Crippen molar-refractivity contribution in [2.24, 2.45) is 5.41 Å². The van der Waals surface area contributed by atoms with Crippen molar-refractivity contribution in [3.8, 4) is 0 Å². The van der Waals surface area contributed by atoms with Crippen LogP contribution in [0.5, 0.6) is 0 Å². The van der Waals surface area contributed by atoms with Crippen molar-refractivity contribution in [1.29, 1.82) is 0 Å². The van der Waals surface area contributed by atoms with Crippen LogP contribution in [0.4, 0.5) is 4.79 Å². The molecule has 0 aromatic rings. The number of barbiturate groups is 1. The van der Waals surface area contributed by atoms with E-state index < -0.39 is 11.4 Å². The molecule has 0 atom stereocenters. The lowest BCUT2D eigenvalue weighted by atomic mass is 9.78. The topological polar surface area (TPSA) is 57.7 Å². The minimum atomic E-state index is -1.04. The van der Waals surface area contributed by atoms with Crippen LogP contribution in [0.1, 0.15) is 40.5 Å². The molecule has 0 aromatic heterocycles. The molecule has 1 heterocycles. The van der Waals surface area contributed by atoms with Gasteiger partial charge in [0.1, 0.15) is 5.41 Å². The largest absolute Gasteiger partial charge is 0.332 e. The monoisotopic (exact) mass is 242 g/mol. The van der Waals surface area contributed by atoms with Crippen molar-refractivity contribution in [2.45, 2.75) is 40.5 Å². The average molecular weight is 242 g/mol. The van der Waals surface area contributed by atoms with E-state index in [0.717, 1.165) is 9.80 Å². The molecule has 5 heteroatoms. The number of urea groups is 1. The van der Waals surface area contributed by atoms with Gasteiger partial charge in [0.05, 0.1) is 0 Å². The van der Waals surface area contributed by atoms with Crippen molar-refractivity contribution in [1.82, 2.24) is 9.80 Å². The fourth-order valence-electron chi connectivity index (χ4n) is 1.99. The van der Waals surface area contributed by atoms with E-state index in [-0.39, 0.29) is 11.8 Å². The van der Waals surface area contributed by atoms with Crippen molar-refractivity contribution in [3.05, 3.63) is 0 Å². The Hall–Kier alpha value is -1.39. The lowest BCUT2D eigenvalue weighted by Crippen LogP contribution is -2.62. The Morgan fingerprint density at radius 3 is 1.41 bits per heavy atom. The number of carbonyl (C=O) groups excluding carboxylic acids is 3. The van der Waals surface area contributed by atoms with Gasteiger partial charge in [-0.05, 0) is 12.8 Å². The molecule has 5 nitrogen and oxygen atoms in total. The fraction of sp³-hybridized carbons (Fsp3) is 0.750. The van der Waals surface area contributed by atoms with Crippen LogP contribution in [0.25, 0.3) is 0 Å². The molecule has 0 N–H and O–H groups in total. The molecule has 0 saturated carbocycles. The van der Waals surface area contributed by atoms with Crippen molar-refractivity contribution in [2.75, 3.05) is 14.1 Å². The second kappa shape index (κ2) is 5.80. The SMILES string of the molecule is CC.CCC1(CC)C(=O)N(C)C(=O)N(C)C1=O. The van der Waals surface area contributed by atoms with E-state index in [1.165, 1.54) is 14.1 Å². The maximum atomic E-state index is 11.9. The van der Waals surface area contributed by atoms with Crippen LogP contribution in [0, 0.1) is 5.41 Å². The van der Waals surface area contributed by atoms with Gasteiger partial charge < -0.3 is 0 Å². The summed E-state index contributed by atoms with van der Waals surface area (Å²) in [6, 6.07) is -0.553. The number of carbonyl (C=O) groups is 3. The number of imide groups is 2. The van der Waals surface area contributed by atoms with Gasteiger partial charge >= 0.3 is 6.03 Å². The normalized spacial score (nSPS) is 19.1. The Morgan fingerprint density at radius 2 is 1.18 bits per heavy atom. The second-order valence-electron chi connectivity index (χ2n) is 3.80. The Labute approximate surface area is 103 Å². The summed E-state index contributed by atoms with van der Waals surface area (Å²) in [6.07, 6.45) is 0.840. The molecular formula is C12H22N2O3. The van der Waals surface area contributed by atoms with Crippen LogP contribution in [0.3, 0.4) is 0 Å². The number of hydrogen-bond donors (Lipinski definition) is 0. The molecular weight excluding hydrogens is 220 g/mol. The summed E-state index contributed by atoms with van der Waals surface area (Å²) in [5, 5.41) is 0. The lowest BCUT2D eigenvalue weighted by molar-refractivity contribution is -0.157. The second-order valence-corrected chi connectivity index (χ2v) is 3.80. The Bertz CT molecular complexity index is 296. The Kier molecular flexibility index (Phi) is 5.32. The van der Waals surface area contributed by atoms with Crippen LogP contribution in [-0.4, -0.2) is 41.7 Å². The number of amides is 4. The van der Waals surface area contributed by atoms with Crippen LogP contribution < -0.4 is 0 Å². The summed E-state index contributed by atoms with van der Waals surface area (Å²) in [5.41, 5.74) is -1.04. The highest BCUT2D eigenvalue weighted by Crippen LogP contribution is 2.34. The molecule has 98 valence electrons. The first-order valence-corrected chi connectivity index (χ1v) is 6.02. The molecule has 0 spiro atoms. The highest BCUT2D eigenvalue weighted by molar-refractivity contribution is 6.18. The van der Waals surface area contributed by atoms with Gasteiger partial charge in [0.15, 0.2) is 0 Å². The highest BCUT2D eigenvalue weighted by atomic mass is 16.2. The van der Waals surface area contributed by atoms with Gasteiger partial charge in [0.2, 0.25) is 11.8 Å². The third-order valence-corrected chi connectivity index (χ3v) is 3.21. The van der Waals surface area contributed by atoms with E-state index >= 15 is 0 Å². The molecule has 4 amide bonds. The predicted octanol–water partition coefficient (Wildman–Crippen LogP) is 1.87. The summed E-state index contributed by atoms with van der Waals surface area (Å²) in [6.45, 7) is 7.58. The molecule has 0 radical (unpaired) electrons. The molecule has 1 saturated heterocycles. The molecule has 0 aromatic carbocycles. The van der Waals surface area contributed by atoms with E-state index in [2.05, 4.69) is 0 Å². The predicted molar refractivity (Wildman–Crippen MR) is 65.3 cm³/mol. The fourth-order valence-corrected chi connectivity index (χ4v) is 1.99. The maximum Gasteiger partial charge on any atom is 0.332 e. The van der Waals surface area contributed by atoms with Crippen molar-refractivity contribution in [3.63, 3.8) is 0 Å². The van der Waals surface area contributed by atoms with Crippen LogP contribution >= 0.6 is 0 Å². The average Bonchev–Trinajstić information content (AvgIpc) is 2.38. The van der Waals surface area contributed by atoms with E-state index in [0.29, 0.717) is 12.8 Å². The van der Waals surface area contributed by atoms with Crippen molar-refractivity contribution < 1.29 is 14.4 Å². The van der Waals surface area contributed by atoms with Gasteiger partial charge in [-0.15, -0.1) is 0 Å². The first kappa shape index (κ1) is 15.6. The standard InChI is InChI=1S/C10H16N2O3.C2H6/c1-5-10(6-2)7(13)11(3)9(15)12(4)8(10)14;1-2/h5-6H2,1-4H3;1-2H3. The van der Waals surface area contributed by atoms with Crippen molar-refractivity contribution >= 4 is 17.8 Å². The molecule has 0 aliphatic carbocycles. The summed E-state index contributed by atoms with van der Waals surface area (Å²) in [5.74, 6) is -0.777. The van der Waals surface area contributed by atoms with E-state index in [4.69, 9.17) is 0 Å². The van der Waals surface area contributed by atoms with Gasteiger partial charge in [0.25, 0.3) is 0 Å². The van der Waals surface area contributed by atoms with Crippen LogP contribution in [0.2, 0.25) is 0 Å². The molecule has 17 heavy (non-hydrogen) atoms. The third-order valence-electron chi connectivity index (χ3n) is 3.21. The third kappa shape index (κ3) is 2.18. The van der Waals surface area contributed by atoms with E-state index in [9.17, 15) is 14.4 Å². The van der Waals surface area contributed by atoms with E-state index in [1.807, 2.05) is 13.8 Å². The minimum Gasteiger partial charge on any atom is -0.273 e. The number of nitrogens with zero attached hydrogens (tertiary/aromatic N) is 2. The Balaban J connectivity index is 0.00000121. The zero-order valence-electron chi connectivity index (χ0n) is 11.5. The van der Waals surface area contributed by atoms with Gasteiger partial charge in [-0.3, -0.25) is 19.4 Å². The first-order valence-electron chi connectivity index (χ1n) is 6.02. The maximum absolute atomic E-state index is 11.9. The van der Waals surface area contributed by atoms with Gasteiger partial charge in [-0.25, -0.2) is 4.79 Å². The minimum absolute atomic E-state index is 0.388. The molecule has 1 rings (SSSR count). The zero-order valence-corrected chi connectivity index (χ0v) is 11.5. The quantitative estimate of drug-likeness (QED) is 0.694. The smallest absolute Gasteiger partial charge is 0.273 e. The number of rotatable bonds is 2. The summed E-state index contributed by atoms with van der Waals surface area (Å²) < 4.78 is 0. The molecule has 0 bridgehead atoms. The van der Waals surface area contributed by atoms with Crippen LogP contribution in [0.15, 0.2) is 0 Å². The summed E-state index contributed by atoms with van der Waals surface area (Å²) in [7, 11) is 2.82. The van der Waals surface area contributed by atoms with E-state index in [1.54, 1.807) is 13.8 Å².